The third-order valence-electron chi connectivity index (χ3n) is 3.92. The zero-order chi connectivity index (χ0) is 15.7. The number of rotatable bonds is 2. The molecule has 0 amide bonds. The Kier molecular flexibility index (Phi) is 3.55. The van der Waals surface area contributed by atoms with Gasteiger partial charge in [-0.25, -0.2) is 4.39 Å². The SMILES string of the molecule is C=C=C1c2c(C)cc(F)cc2CN1Cc1ccc(C#N)cc1. The zero-order valence-electron chi connectivity index (χ0n) is 12.4. The van der Waals surface area contributed by atoms with Gasteiger partial charge in [0.15, 0.2) is 0 Å². The minimum atomic E-state index is -0.208. The standard InChI is InChI=1S/C19H15FN2/c1-3-18-19-13(2)8-17(20)9-16(19)12-22(18)11-15-6-4-14(10-21)5-7-15/h4-9H,1,11-12H2,2H3. The van der Waals surface area contributed by atoms with Gasteiger partial charge in [0.2, 0.25) is 0 Å². The molecule has 0 saturated heterocycles. The molecule has 0 atom stereocenters. The Bertz CT molecular complexity index is 822. The van der Waals surface area contributed by atoms with Crippen molar-refractivity contribution in [3.63, 3.8) is 0 Å². The summed E-state index contributed by atoms with van der Waals surface area (Å²) in [5, 5.41) is 8.85. The molecular formula is C19H15FN2. The van der Waals surface area contributed by atoms with Crippen molar-refractivity contribution in [2.75, 3.05) is 0 Å². The first kappa shape index (κ1) is 14.1. The lowest BCUT2D eigenvalue weighted by Gasteiger charge is -2.19. The maximum atomic E-state index is 13.6. The number of fused-ring (bicyclic) bond motifs is 1. The summed E-state index contributed by atoms with van der Waals surface area (Å²) in [5.74, 6) is -0.208. The fourth-order valence-corrected chi connectivity index (χ4v) is 2.96. The zero-order valence-corrected chi connectivity index (χ0v) is 12.4. The van der Waals surface area contributed by atoms with Crippen LogP contribution in [0.1, 0.15) is 27.8 Å². The molecule has 0 spiro atoms. The number of benzene rings is 2. The van der Waals surface area contributed by atoms with E-state index in [0.29, 0.717) is 18.7 Å². The van der Waals surface area contributed by atoms with E-state index in [9.17, 15) is 4.39 Å². The van der Waals surface area contributed by atoms with E-state index in [0.717, 1.165) is 28.0 Å². The molecule has 0 aliphatic carbocycles. The normalized spacial score (nSPS) is 12.8. The molecule has 22 heavy (non-hydrogen) atoms. The van der Waals surface area contributed by atoms with E-state index >= 15 is 0 Å². The van der Waals surface area contributed by atoms with Gasteiger partial charge in [0.25, 0.3) is 0 Å². The Morgan fingerprint density at radius 2 is 2.00 bits per heavy atom. The highest BCUT2D eigenvalue weighted by Gasteiger charge is 2.26. The van der Waals surface area contributed by atoms with Crippen LogP contribution in [0.3, 0.4) is 0 Å². The molecule has 1 aliphatic rings. The Morgan fingerprint density at radius 1 is 1.27 bits per heavy atom. The van der Waals surface area contributed by atoms with Crippen LogP contribution in [0.25, 0.3) is 5.70 Å². The van der Waals surface area contributed by atoms with Gasteiger partial charge < -0.3 is 4.90 Å². The molecule has 108 valence electrons. The highest BCUT2D eigenvalue weighted by molar-refractivity contribution is 5.72. The molecule has 1 heterocycles. The number of nitrogens with zero attached hydrogens (tertiary/aromatic N) is 2. The van der Waals surface area contributed by atoms with Crippen molar-refractivity contribution in [3.8, 4) is 6.07 Å². The predicted molar refractivity (Wildman–Crippen MR) is 84.1 cm³/mol. The Morgan fingerprint density at radius 3 is 2.64 bits per heavy atom. The smallest absolute Gasteiger partial charge is 0.123 e. The molecule has 0 N–H and O–H groups in total. The monoisotopic (exact) mass is 290 g/mol. The average molecular weight is 290 g/mol. The van der Waals surface area contributed by atoms with Crippen LogP contribution in [0.2, 0.25) is 0 Å². The second-order valence-electron chi connectivity index (χ2n) is 5.45. The molecule has 1 aliphatic heterocycles. The molecule has 0 aromatic heterocycles. The molecule has 0 saturated carbocycles. The van der Waals surface area contributed by atoms with Crippen LogP contribution in [-0.2, 0) is 13.1 Å². The van der Waals surface area contributed by atoms with E-state index in [1.165, 1.54) is 0 Å². The number of halogens is 1. The van der Waals surface area contributed by atoms with Gasteiger partial charge in [-0.2, -0.15) is 5.26 Å². The van der Waals surface area contributed by atoms with Gasteiger partial charge in [-0.1, -0.05) is 18.7 Å². The lowest BCUT2D eigenvalue weighted by molar-refractivity contribution is 0.403. The van der Waals surface area contributed by atoms with Crippen LogP contribution >= 0.6 is 0 Å². The van der Waals surface area contributed by atoms with Gasteiger partial charge in [-0.3, -0.25) is 0 Å². The average Bonchev–Trinajstić information content (AvgIpc) is 2.85. The fourth-order valence-electron chi connectivity index (χ4n) is 2.96. The summed E-state index contributed by atoms with van der Waals surface area (Å²) >= 11 is 0. The summed E-state index contributed by atoms with van der Waals surface area (Å²) in [6.07, 6.45) is 0. The van der Waals surface area contributed by atoms with Gasteiger partial charge in [0, 0.05) is 18.7 Å². The second-order valence-corrected chi connectivity index (χ2v) is 5.45. The summed E-state index contributed by atoms with van der Waals surface area (Å²) in [7, 11) is 0. The number of hydrogen-bond acceptors (Lipinski definition) is 2. The minimum absolute atomic E-state index is 0.208. The highest BCUT2D eigenvalue weighted by Crippen LogP contribution is 2.36. The van der Waals surface area contributed by atoms with Crippen LogP contribution in [0, 0.1) is 24.1 Å². The molecule has 2 aromatic carbocycles. The second kappa shape index (κ2) is 5.52. The van der Waals surface area contributed by atoms with Gasteiger partial charge in [-0.05, 0) is 47.9 Å². The third kappa shape index (κ3) is 2.41. The Balaban J connectivity index is 1.92. The van der Waals surface area contributed by atoms with Gasteiger partial charge in [0.1, 0.15) is 5.82 Å². The molecule has 0 bridgehead atoms. The maximum Gasteiger partial charge on any atom is 0.123 e. The van der Waals surface area contributed by atoms with Crippen molar-refractivity contribution in [1.82, 2.24) is 4.90 Å². The summed E-state index contributed by atoms with van der Waals surface area (Å²) in [6.45, 7) is 7.02. The third-order valence-corrected chi connectivity index (χ3v) is 3.92. The fraction of sp³-hybridized carbons (Fsp3) is 0.158. The van der Waals surface area contributed by atoms with Crippen LogP contribution in [0.15, 0.2) is 48.7 Å². The van der Waals surface area contributed by atoms with Crippen molar-refractivity contribution in [3.05, 3.63) is 82.3 Å². The van der Waals surface area contributed by atoms with Crippen LogP contribution in [0.4, 0.5) is 4.39 Å². The molecule has 3 heteroatoms. The molecule has 0 unspecified atom stereocenters. The van der Waals surface area contributed by atoms with Gasteiger partial charge in [-0.15, -0.1) is 5.73 Å². The summed E-state index contributed by atoms with van der Waals surface area (Å²) in [4.78, 5) is 2.13. The Labute approximate surface area is 129 Å². The Hall–Kier alpha value is -2.82. The topological polar surface area (TPSA) is 27.0 Å². The van der Waals surface area contributed by atoms with Crippen LogP contribution < -0.4 is 0 Å². The van der Waals surface area contributed by atoms with E-state index in [1.807, 2.05) is 19.1 Å². The molecular weight excluding hydrogens is 275 g/mol. The molecule has 0 radical (unpaired) electrons. The van der Waals surface area contributed by atoms with E-state index < -0.39 is 0 Å². The van der Waals surface area contributed by atoms with E-state index in [2.05, 4.69) is 23.3 Å². The largest absolute Gasteiger partial charge is 0.356 e. The van der Waals surface area contributed by atoms with Gasteiger partial charge >= 0.3 is 0 Å². The highest BCUT2D eigenvalue weighted by atomic mass is 19.1. The lowest BCUT2D eigenvalue weighted by atomic mass is 10.0. The first-order chi connectivity index (χ1) is 10.6. The molecule has 3 rings (SSSR count). The van der Waals surface area contributed by atoms with E-state index in [-0.39, 0.29) is 5.82 Å². The van der Waals surface area contributed by atoms with Crippen LogP contribution in [0.5, 0.6) is 0 Å². The molecule has 0 fully saturated rings. The first-order valence-electron chi connectivity index (χ1n) is 7.06. The van der Waals surface area contributed by atoms with Crippen molar-refractivity contribution in [1.29, 1.82) is 5.26 Å². The van der Waals surface area contributed by atoms with Crippen molar-refractivity contribution in [2.24, 2.45) is 0 Å². The molecule has 2 nitrogen and oxygen atoms in total. The number of aryl methyl sites for hydroxylation is 1. The molecule has 2 aromatic rings. The maximum absolute atomic E-state index is 13.6. The van der Waals surface area contributed by atoms with Gasteiger partial charge in [0.05, 0.1) is 17.3 Å². The van der Waals surface area contributed by atoms with Crippen molar-refractivity contribution in [2.45, 2.75) is 20.0 Å². The predicted octanol–water partition coefficient (Wildman–Crippen LogP) is 4.15. The summed E-state index contributed by atoms with van der Waals surface area (Å²) in [6, 6.07) is 12.7. The lowest BCUT2D eigenvalue weighted by Crippen LogP contribution is -2.14. The summed E-state index contributed by atoms with van der Waals surface area (Å²) in [5.41, 5.74) is 8.55. The quantitative estimate of drug-likeness (QED) is 0.777. The first-order valence-corrected chi connectivity index (χ1v) is 7.06. The van der Waals surface area contributed by atoms with Crippen LogP contribution in [-0.4, -0.2) is 4.90 Å². The minimum Gasteiger partial charge on any atom is -0.356 e. The summed E-state index contributed by atoms with van der Waals surface area (Å²) < 4.78 is 13.6. The van der Waals surface area contributed by atoms with Crippen molar-refractivity contribution < 1.29 is 4.39 Å². The number of hydrogen-bond donors (Lipinski definition) is 0. The van der Waals surface area contributed by atoms with Crippen molar-refractivity contribution >= 4 is 5.70 Å². The van der Waals surface area contributed by atoms with E-state index in [1.54, 1.807) is 24.3 Å². The van der Waals surface area contributed by atoms with E-state index in [4.69, 9.17) is 5.26 Å². The number of nitriles is 1.